The van der Waals surface area contributed by atoms with Crippen LogP contribution in [0.15, 0.2) is 30.7 Å². The topological polar surface area (TPSA) is 80.0 Å². The van der Waals surface area contributed by atoms with E-state index in [9.17, 15) is 4.79 Å². The summed E-state index contributed by atoms with van der Waals surface area (Å²) < 4.78 is 1.83. The highest BCUT2D eigenvalue weighted by atomic mass is 35.5. The van der Waals surface area contributed by atoms with Crippen LogP contribution < -0.4 is 5.32 Å². The van der Waals surface area contributed by atoms with Gasteiger partial charge in [0, 0.05) is 31.7 Å². The number of pyridine rings is 1. The monoisotopic (exact) mass is 280 g/mol. The number of halogens is 1. The molecule has 0 aliphatic rings. The first-order valence-corrected chi connectivity index (χ1v) is 6.15. The molecule has 2 N–H and O–H groups in total. The lowest BCUT2D eigenvalue weighted by Gasteiger charge is -2.07. The number of hydrogen-bond donors (Lipinski definition) is 2. The highest BCUT2D eigenvalue weighted by Crippen LogP contribution is 2.17. The number of aryl methyl sites for hydroxylation is 1. The number of carbonyl (C=O) groups is 1. The molecule has 2 rings (SSSR count). The van der Waals surface area contributed by atoms with Crippen LogP contribution in [-0.4, -0.2) is 32.4 Å². The lowest BCUT2D eigenvalue weighted by Crippen LogP contribution is -2.09. The molecular weight excluding hydrogens is 268 g/mol. The lowest BCUT2D eigenvalue weighted by molar-refractivity contribution is 0.0697. The number of nitrogens with zero attached hydrogens (tertiary/aromatic N) is 3. The van der Waals surface area contributed by atoms with Crippen LogP contribution in [0.2, 0.25) is 5.02 Å². The minimum Gasteiger partial charge on any atom is -0.478 e. The SMILES string of the molecule is O=C(O)c1cc(NCCCn2cccn2)ncc1Cl. The second kappa shape index (κ2) is 6.19. The molecule has 100 valence electrons. The molecule has 0 aromatic carbocycles. The number of anilines is 1. The first-order chi connectivity index (χ1) is 9.16. The second-order valence-electron chi connectivity index (χ2n) is 3.90. The van der Waals surface area contributed by atoms with Gasteiger partial charge in [-0.25, -0.2) is 9.78 Å². The zero-order valence-electron chi connectivity index (χ0n) is 10.1. The van der Waals surface area contributed by atoms with Crippen molar-refractivity contribution in [3.8, 4) is 0 Å². The average Bonchev–Trinajstić information content (AvgIpc) is 2.89. The molecule has 0 saturated heterocycles. The molecule has 2 heterocycles. The van der Waals surface area contributed by atoms with Gasteiger partial charge in [0.1, 0.15) is 5.82 Å². The van der Waals surface area contributed by atoms with E-state index in [4.69, 9.17) is 16.7 Å². The zero-order valence-corrected chi connectivity index (χ0v) is 10.8. The van der Waals surface area contributed by atoms with Crippen LogP contribution in [-0.2, 0) is 6.54 Å². The van der Waals surface area contributed by atoms with E-state index in [0.29, 0.717) is 12.4 Å². The maximum atomic E-state index is 10.9. The highest BCUT2D eigenvalue weighted by molar-refractivity contribution is 6.33. The summed E-state index contributed by atoms with van der Waals surface area (Å²) in [5.41, 5.74) is 0.0474. The maximum absolute atomic E-state index is 10.9. The van der Waals surface area contributed by atoms with E-state index in [-0.39, 0.29) is 10.6 Å². The average molecular weight is 281 g/mol. The van der Waals surface area contributed by atoms with Crippen LogP contribution in [0.3, 0.4) is 0 Å². The van der Waals surface area contributed by atoms with E-state index in [0.717, 1.165) is 13.0 Å². The third kappa shape index (κ3) is 3.69. The molecular formula is C12H13ClN4O2. The van der Waals surface area contributed by atoms with Gasteiger partial charge in [-0.15, -0.1) is 0 Å². The molecule has 2 aromatic rings. The molecule has 0 saturated carbocycles. The van der Waals surface area contributed by atoms with Crippen molar-refractivity contribution in [2.45, 2.75) is 13.0 Å². The normalized spacial score (nSPS) is 10.4. The van der Waals surface area contributed by atoms with Gasteiger partial charge in [-0.05, 0) is 18.6 Å². The minimum atomic E-state index is -1.06. The smallest absolute Gasteiger partial charge is 0.337 e. The van der Waals surface area contributed by atoms with Crippen molar-refractivity contribution >= 4 is 23.4 Å². The van der Waals surface area contributed by atoms with Crippen molar-refractivity contribution in [1.82, 2.24) is 14.8 Å². The van der Waals surface area contributed by atoms with Crippen molar-refractivity contribution < 1.29 is 9.90 Å². The Morgan fingerprint density at radius 3 is 3.05 bits per heavy atom. The van der Waals surface area contributed by atoms with Gasteiger partial charge in [-0.2, -0.15) is 5.10 Å². The van der Waals surface area contributed by atoms with Gasteiger partial charge in [0.15, 0.2) is 0 Å². The summed E-state index contributed by atoms with van der Waals surface area (Å²) in [4.78, 5) is 14.9. The predicted molar refractivity (Wildman–Crippen MR) is 71.5 cm³/mol. The Hall–Kier alpha value is -2.08. The molecule has 6 nitrogen and oxygen atoms in total. The lowest BCUT2D eigenvalue weighted by atomic mass is 10.2. The molecule has 0 bridgehead atoms. The Bertz CT molecular complexity index is 557. The largest absolute Gasteiger partial charge is 0.478 e. The van der Waals surface area contributed by atoms with E-state index in [1.54, 1.807) is 6.20 Å². The predicted octanol–water partition coefficient (Wildman–Crippen LogP) is 2.13. The van der Waals surface area contributed by atoms with Crippen LogP contribution in [0.1, 0.15) is 16.8 Å². The summed E-state index contributed by atoms with van der Waals surface area (Å²) in [5, 5.41) is 16.2. The van der Waals surface area contributed by atoms with Crippen molar-refractivity contribution in [3.05, 3.63) is 41.3 Å². The Kier molecular flexibility index (Phi) is 4.35. The number of carboxylic acid groups (broad SMARTS) is 1. The maximum Gasteiger partial charge on any atom is 0.337 e. The summed E-state index contributed by atoms with van der Waals surface area (Å²) in [6, 6.07) is 3.30. The number of carboxylic acids is 1. The Morgan fingerprint density at radius 2 is 2.37 bits per heavy atom. The molecule has 19 heavy (non-hydrogen) atoms. The van der Waals surface area contributed by atoms with Crippen molar-refractivity contribution in [2.75, 3.05) is 11.9 Å². The van der Waals surface area contributed by atoms with Gasteiger partial charge in [-0.1, -0.05) is 11.6 Å². The fourth-order valence-corrected chi connectivity index (χ4v) is 1.77. The van der Waals surface area contributed by atoms with Gasteiger partial charge in [0.05, 0.1) is 10.6 Å². The first-order valence-electron chi connectivity index (χ1n) is 5.77. The van der Waals surface area contributed by atoms with Crippen LogP contribution in [0.4, 0.5) is 5.82 Å². The van der Waals surface area contributed by atoms with E-state index in [1.165, 1.54) is 12.3 Å². The van der Waals surface area contributed by atoms with Gasteiger partial charge in [-0.3, -0.25) is 4.68 Å². The van der Waals surface area contributed by atoms with E-state index < -0.39 is 5.97 Å². The number of aromatic carboxylic acids is 1. The highest BCUT2D eigenvalue weighted by Gasteiger charge is 2.09. The van der Waals surface area contributed by atoms with Crippen LogP contribution in [0.25, 0.3) is 0 Å². The van der Waals surface area contributed by atoms with Crippen LogP contribution >= 0.6 is 11.6 Å². The molecule has 0 unspecified atom stereocenters. The fraction of sp³-hybridized carbons (Fsp3) is 0.250. The Morgan fingerprint density at radius 1 is 1.53 bits per heavy atom. The molecule has 0 aliphatic carbocycles. The molecule has 7 heteroatoms. The molecule has 0 fully saturated rings. The fourth-order valence-electron chi connectivity index (χ4n) is 1.59. The van der Waals surface area contributed by atoms with Crippen molar-refractivity contribution in [2.24, 2.45) is 0 Å². The van der Waals surface area contributed by atoms with E-state index >= 15 is 0 Å². The molecule has 0 amide bonds. The molecule has 0 spiro atoms. The number of rotatable bonds is 6. The van der Waals surface area contributed by atoms with E-state index in [1.807, 2.05) is 16.9 Å². The number of nitrogens with one attached hydrogen (secondary N) is 1. The second-order valence-corrected chi connectivity index (χ2v) is 4.31. The zero-order chi connectivity index (χ0) is 13.7. The number of aromatic nitrogens is 3. The van der Waals surface area contributed by atoms with Gasteiger partial charge in [0.2, 0.25) is 0 Å². The van der Waals surface area contributed by atoms with Gasteiger partial charge >= 0.3 is 5.97 Å². The molecule has 0 atom stereocenters. The van der Waals surface area contributed by atoms with Gasteiger partial charge < -0.3 is 10.4 Å². The van der Waals surface area contributed by atoms with Crippen molar-refractivity contribution in [3.63, 3.8) is 0 Å². The third-order valence-electron chi connectivity index (χ3n) is 2.52. The summed E-state index contributed by atoms with van der Waals surface area (Å²) >= 11 is 5.74. The Balaban J connectivity index is 1.86. The quantitative estimate of drug-likeness (QED) is 0.793. The molecule has 0 radical (unpaired) electrons. The molecule has 2 aromatic heterocycles. The van der Waals surface area contributed by atoms with Gasteiger partial charge in [0.25, 0.3) is 0 Å². The minimum absolute atomic E-state index is 0.0474. The van der Waals surface area contributed by atoms with Crippen molar-refractivity contribution in [1.29, 1.82) is 0 Å². The summed E-state index contributed by atoms with van der Waals surface area (Å²) in [6.45, 7) is 1.47. The third-order valence-corrected chi connectivity index (χ3v) is 2.82. The number of hydrogen-bond acceptors (Lipinski definition) is 4. The first kappa shape index (κ1) is 13.4. The summed E-state index contributed by atoms with van der Waals surface area (Å²) in [7, 11) is 0. The standard InChI is InChI=1S/C12H13ClN4O2/c13-10-8-15-11(7-9(10)12(18)19)14-3-1-5-17-6-2-4-16-17/h2,4,6-8H,1,3,5H2,(H,14,15)(H,18,19). The van der Waals surface area contributed by atoms with E-state index in [2.05, 4.69) is 15.4 Å². The molecule has 0 aliphatic heterocycles. The Labute approximate surface area is 115 Å². The summed E-state index contributed by atoms with van der Waals surface area (Å²) in [5.74, 6) is -0.561. The van der Waals surface area contributed by atoms with Crippen LogP contribution in [0, 0.1) is 0 Å². The summed E-state index contributed by atoms with van der Waals surface area (Å²) in [6.07, 6.45) is 5.81. The van der Waals surface area contributed by atoms with Crippen LogP contribution in [0.5, 0.6) is 0 Å².